The van der Waals surface area contributed by atoms with Gasteiger partial charge in [-0.2, -0.15) is 16.4 Å². The number of hydrogen-bond acceptors (Lipinski definition) is 5. The summed E-state index contributed by atoms with van der Waals surface area (Å²) in [6, 6.07) is 2.01. The van der Waals surface area contributed by atoms with Crippen LogP contribution in [0.5, 0.6) is 0 Å². The van der Waals surface area contributed by atoms with Crippen LogP contribution in [0.25, 0.3) is 16.8 Å². The third-order valence-corrected chi connectivity index (χ3v) is 5.55. The Morgan fingerprint density at radius 1 is 1.48 bits per heavy atom. The smallest absolute Gasteiger partial charge is 0.341 e. The lowest BCUT2D eigenvalue weighted by Crippen LogP contribution is -2.19. The SMILES string of the molecule is COC(=O)C(O)c1c(C2=CCC(C)(C)CC2)c(-c2ccsc2)nn1C. The molecule has 0 saturated carbocycles. The number of carbonyl (C=O) groups excluding carboxylic acids is 1. The number of hydrogen-bond donors (Lipinski definition) is 1. The van der Waals surface area contributed by atoms with Crippen molar-refractivity contribution in [1.29, 1.82) is 0 Å². The summed E-state index contributed by atoms with van der Waals surface area (Å²) < 4.78 is 6.35. The lowest BCUT2D eigenvalue weighted by Gasteiger charge is -2.29. The molecule has 0 spiro atoms. The number of carbonyl (C=O) groups is 1. The van der Waals surface area contributed by atoms with Gasteiger partial charge >= 0.3 is 5.97 Å². The zero-order valence-electron chi connectivity index (χ0n) is 15.1. The molecule has 25 heavy (non-hydrogen) atoms. The molecule has 2 heterocycles. The van der Waals surface area contributed by atoms with Gasteiger partial charge in [-0.15, -0.1) is 0 Å². The third-order valence-electron chi connectivity index (χ3n) is 4.86. The van der Waals surface area contributed by atoms with Crippen LogP contribution in [-0.4, -0.2) is 28.0 Å². The number of aryl methyl sites for hydroxylation is 1. The Balaban J connectivity index is 2.16. The summed E-state index contributed by atoms with van der Waals surface area (Å²) >= 11 is 1.60. The molecule has 134 valence electrons. The average Bonchev–Trinajstić information content (AvgIpc) is 3.21. The van der Waals surface area contributed by atoms with Gasteiger partial charge in [0.25, 0.3) is 0 Å². The van der Waals surface area contributed by atoms with Gasteiger partial charge in [0.1, 0.15) is 5.69 Å². The van der Waals surface area contributed by atoms with Gasteiger partial charge in [-0.25, -0.2) is 4.79 Å². The van der Waals surface area contributed by atoms with Gasteiger partial charge < -0.3 is 9.84 Å². The van der Waals surface area contributed by atoms with Crippen LogP contribution in [0.3, 0.4) is 0 Å². The summed E-state index contributed by atoms with van der Waals surface area (Å²) in [5.41, 5.74) is 4.60. The van der Waals surface area contributed by atoms with Crippen molar-refractivity contribution in [2.45, 2.75) is 39.2 Å². The van der Waals surface area contributed by atoms with Gasteiger partial charge in [-0.3, -0.25) is 4.68 Å². The second kappa shape index (κ2) is 6.77. The quantitative estimate of drug-likeness (QED) is 0.839. The largest absolute Gasteiger partial charge is 0.467 e. The van der Waals surface area contributed by atoms with Crippen molar-refractivity contribution in [3.8, 4) is 11.3 Å². The van der Waals surface area contributed by atoms with E-state index in [0.29, 0.717) is 5.69 Å². The zero-order chi connectivity index (χ0) is 18.2. The maximum atomic E-state index is 12.0. The van der Waals surface area contributed by atoms with Crippen LogP contribution >= 0.6 is 11.3 Å². The molecule has 1 aliphatic carbocycles. The number of nitrogens with zero attached hydrogens (tertiary/aromatic N) is 2. The Morgan fingerprint density at radius 2 is 2.24 bits per heavy atom. The summed E-state index contributed by atoms with van der Waals surface area (Å²) in [4.78, 5) is 12.0. The molecule has 0 fully saturated rings. The molecule has 0 amide bonds. The van der Waals surface area contributed by atoms with Crippen molar-refractivity contribution in [3.63, 3.8) is 0 Å². The van der Waals surface area contributed by atoms with Gasteiger partial charge in [0.2, 0.25) is 0 Å². The Kier molecular flexibility index (Phi) is 4.84. The van der Waals surface area contributed by atoms with Crippen molar-refractivity contribution in [1.82, 2.24) is 9.78 Å². The van der Waals surface area contributed by atoms with Crippen molar-refractivity contribution in [3.05, 3.63) is 34.2 Å². The molecule has 1 N–H and O–H groups in total. The van der Waals surface area contributed by atoms with Gasteiger partial charge in [0.15, 0.2) is 6.10 Å². The number of thiophene rings is 1. The number of aliphatic hydroxyl groups is 1. The molecule has 6 heteroatoms. The Labute approximate surface area is 151 Å². The van der Waals surface area contributed by atoms with Crippen molar-refractivity contribution < 1.29 is 14.6 Å². The molecule has 0 bridgehead atoms. The second-order valence-corrected chi connectivity index (χ2v) is 8.05. The highest BCUT2D eigenvalue weighted by Gasteiger charge is 2.32. The molecule has 3 rings (SSSR count). The van der Waals surface area contributed by atoms with E-state index in [4.69, 9.17) is 4.74 Å². The van der Waals surface area contributed by atoms with Crippen LogP contribution in [0, 0.1) is 5.41 Å². The van der Waals surface area contributed by atoms with E-state index in [-0.39, 0.29) is 5.41 Å². The van der Waals surface area contributed by atoms with Crippen LogP contribution in [0.4, 0.5) is 0 Å². The van der Waals surface area contributed by atoms with Crippen molar-refractivity contribution in [2.75, 3.05) is 7.11 Å². The first-order valence-electron chi connectivity index (χ1n) is 8.39. The van der Waals surface area contributed by atoms with Crippen LogP contribution in [0.2, 0.25) is 0 Å². The molecule has 0 aromatic carbocycles. The van der Waals surface area contributed by atoms with Gasteiger partial charge in [-0.1, -0.05) is 19.9 Å². The first-order chi connectivity index (χ1) is 11.8. The normalized spacial score (nSPS) is 17.9. The minimum absolute atomic E-state index is 0.273. The fourth-order valence-electron chi connectivity index (χ4n) is 3.30. The fraction of sp³-hybridized carbons (Fsp3) is 0.474. The van der Waals surface area contributed by atoms with Gasteiger partial charge in [-0.05, 0) is 41.7 Å². The number of rotatable bonds is 4. The van der Waals surface area contributed by atoms with E-state index in [1.165, 1.54) is 7.11 Å². The lowest BCUT2D eigenvalue weighted by molar-refractivity contribution is -0.151. The van der Waals surface area contributed by atoms with E-state index in [2.05, 4.69) is 25.0 Å². The maximum Gasteiger partial charge on any atom is 0.341 e. The number of esters is 1. The Morgan fingerprint density at radius 3 is 2.80 bits per heavy atom. The van der Waals surface area contributed by atoms with Gasteiger partial charge in [0, 0.05) is 23.6 Å². The van der Waals surface area contributed by atoms with Crippen LogP contribution < -0.4 is 0 Å². The van der Waals surface area contributed by atoms with Crippen molar-refractivity contribution >= 4 is 22.9 Å². The van der Waals surface area contributed by atoms with Crippen LogP contribution in [0.15, 0.2) is 22.9 Å². The molecule has 0 saturated heterocycles. The predicted molar refractivity (Wildman–Crippen MR) is 99.1 cm³/mol. The number of methoxy groups -OCH3 is 1. The first kappa shape index (κ1) is 17.9. The molecule has 2 aromatic rings. The summed E-state index contributed by atoms with van der Waals surface area (Å²) in [5, 5.41) is 19.2. The average molecular weight is 360 g/mol. The topological polar surface area (TPSA) is 64.3 Å². The summed E-state index contributed by atoms with van der Waals surface area (Å²) in [6.07, 6.45) is 3.81. The highest BCUT2D eigenvalue weighted by molar-refractivity contribution is 7.08. The standard InChI is InChI=1S/C19H24N2O3S/c1-19(2)8-5-12(6-9-19)14-15(13-7-10-25-11-13)20-21(3)16(14)17(22)18(23)24-4/h5,7,10-11,17,22H,6,8-9H2,1-4H3. The minimum Gasteiger partial charge on any atom is -0.467 e. The summed E-state index contributed by atoms with van der Waals surface area (Å²) in [7, 11) is 3.04. The summed E-state index contributed by atoms with van der Waals surface area (Å²) in [5.74, 6) is -0.669. The Bertz CT molecular complexity index is 803. The summed E-state index contributed by atoms with van der Waals surface area (Å²) in [6.45, 7) is 4.51. The fourth-order valence-corrected chi connectivity index (χ4v) is 3.94. The van der Waals surface area contributed by atoms with Crippen molar-refractivity contribution in [2.24, 2.45) is 12.5 Å². The van der Waals surface area contributed by atoms with E-state index in [0.717, 1.165) is 41.7 Å². The molecule has 1 aliphatic rings. The first-order valence-corrected chi connectivity index (χ1v) is 9.33. The number of aromatic nitrogens is 2. The predicted octanol–water partition coefficient (Wildman–Crippen LogP) is 3.95. The maximum absolute atomic E-state index is 12.0. The lowest BCUT2D eigenvalue weighted by atomic mass is 9.76. The molecule has 1 atom stereocenters. The third kappa shape index (κ3) is 3.41. The second-order valence-electron chi connectivity index (χ2n) is 7.27. The molecule has 0 radical (unpaired) electrons. The zero-order valence-corrected chi connectivity index (χ0v) is 15.9. The number of allylic oxidation sites excluding steroid dienone is 2. The molecule has 0 aliphatic heterocycles. The molecular formula is C19H24N2O3S. The highest BCUT2D eigenvalue weighted by Crippen LogP contribution is 2.43. The van der Waals surface area contributed by atoms with E-state index < -0.39 is 12.1 Å². The number of ether oxygens (including phenoxy) is 1. The van der Waals surface area contributed by atoms with Gasteiger partial charge in [0.05, 0.1) is 12.8 Å². The molecule has 2 aromatic heterocycles. The minimum atomic E-state index is -1.35. The molecule has 1 unspecified atom stereocenters. The van der Waals surface area contributed by atoms with E-state index >= 15 is 0 Å². The van der Waals surface area contributed by atoms with Crippen LogP contribution in [0.1, 0.15) is 50.5 Å². The Hall–Kier alpha value is -1.92. The molecule has 5 nitrogen and oxygen atoms in total. The highest BCUT2D eigenvalue weighted by atomic mass is 32.1. The van der Waals surface area contributed by atoms with E-state index in [1.807, 2.05) is 16.8 Å². The van der Waals surface area contributed by atoms with E-state index in [1.54, 1.807) is 23.1 Å². The molecular weight excluding hydrogens is 336 g/mol. The number of aliphatic hydroxyl groups excluding tert-OH is 1. The monoisotopic (exact) mass is 360 g/mol. The van der Waals surface area contributed by atoms with E-state index in [9.17, 15) is 9.90 Å². The van der Waals surface area contributed by atoms with Crippen LogP contribution in [-0.2, 0) is 16.6 Å².